The van der Waals surface area contributed by atoms with Crippen LogP contribution < -0.4 is 5.73 Å². The lowest BCUT2D eigenvalue weighted by molar-refractivity contribution is 0.0381. The predicted octanol–water partition coefficient (Wildman–Crippen LogP) is 1.03. The molecule has 9 heteroatoms. The predicted molar refractivity (Wildman–Crippen MR) is 84.8 cm³/mol. The van der Waals surface area contributed by atoms with Crippen LogP contribution in [0.25, 0.3) is 0 Å². The maximum Gasteiger partial charge on any atom is 0.511 e. The van der Waals surface area contributed by atoms with E-state index in [0.29, 0.717) is 13.0 Å². The molecule has 2 N–H and O–H groups in total. The molecule has 0 saturated heterocycles. The third kappa shape index (κ3) is 2.99. The van der Waals surface area contributed by atoms with Crippen LogP contribution in [0.1, 0.15) is 20.3 Å². The van der Waals surface area contributed by atoms with E-state index in [-0.39, 0.29) is 5.92 Å². The Bertz CT molecular complexity index is 263. The molecule has 0 aliphatic heterocycles. The molecule has 0 amide bonds. The van der Waals surface area contributed by atoms with E-state index in [9.17, 15) is 0 Å². The Hall–Kier alpha value is 0.154. The van der Waals surface area contributed by atoms with E-state index in [1.165, 1.54) is 0 Å². The van der Waals surface area contributed by atoms with Crippen molar-refractivity contribution < 1.29 is 26.6 Å². The third-order valence-corrected chi connectivity index (χ3v) is 13.4. The zero-order valence-electron chi connectivity index (χ0n) is 14.5. The maximum atomic E-state index is 5.97. The maximum absolute atomic E-state index is 5.97. The molecule has 0 fully saturated rings. The number of rotatable bonds is 11. The van der Waals surface area contributed by atoms with Crippen LogP contribution in [-0.4, -0.2) is 66.8 Å². The van der Waals surface area contributed by atoms with Gasteiger partial charge in [0.25, 0.3) is 0 Å². The van der Waals surface area contributed by atoms with Gasteiger partial charge < -0.3 is 32.3 Å². The van der Waals surface area contributed by atoms with E-state index in [0.717, 1.165) is 0 Å². The van der Waals surface area contributed by atoms with Crippen molar-refractivity contribution in [3.63, 3.8) is 0 Å². The molecule has 1 unspecified atom stereocenters. The second-order valence-corrected chi connectivity index (χ2v) is 11.8. The molecule has 1 atom stereocenters. The first-order chi connectivity index (χ1) is 9.91. The summed E-state index contributed by atoms with van der Waals surface area (Å²) in [6.45, 7) is 4.44. The summed E-state index contributed by atoms with van der Waals surface area (Å²) in [6.07, 6.45) is 0.634. The average Bonchev–Trinajstić information content (AvgIpc) is 2.55. The highest BCUT2D eigenvalue weighted by molar-refractivity contribution is 6.85. The average molecular weight is 342 g/mol. The number of hydrogen-bond donors (Lipinski definition) is 1. The minimum atomic E-state index is -3.17. The number of nitrogens with two attached hydrogens (primary N) is 1. The first-order valence-electron chi connectivity index (χ1n) is 6.92. The Labute approximate surface area is 130 Å². The fourth-order valence-electron chi connectivity index (χ4n) is 3.37. The normalized spacial score (nSPS) is 15.3. The first kappa shape index (κ1) is 21.2. The van der Waals surface area contributed by atoms with Gasteiger partial charge in [0.15, 0.2) is 0 Å². The zero-order valence-corrected chi connectivity index (χ0v) is 16.5. The van der Waals surface area contributed by atoms with Gasteiger partial charge in [0, 0.05) is 42.7 Å². The van der Waals surface area contributed by atoms with E-state index >= 15 is 0 Å². The largest absolute Gasteiger partial charge is 0.511 e. The molecule has 0 heterocycles. The fourth-order valence-corrected chi connectivity index (χ4v) is 12.2. The third-order valence-electron chi connectivity index (χ3n) is 4.46. The summed E-state index contributed by atoms with van der Waals surface area (Å²) in [5.41, 5.74) is 5.97. The van der Waals surface area contributed by atoms with E-state index in [2.05, 4.69) is 0 Å². The lowest BCUT2D eigenvalue weighted by Gasteiger charge is -2.52. The minimum absolute atomic E-state index is 0.0412. The van der Waals surface area contributed by atoms with Crippen molar-refractivity contribution in [1.29, 1.82) is 0 Å². The molecule has 0 saturated carbocycles. The van der Waals surface area contributed by atoms with E-state index in [1.54, 1.807) is 42.7 Å². The van der Waals surface area contributed by atoms with Crippen molar-refractivity contribution in [1.82, 2.24) is 0 Å². The van der Waals surface area contributed by atoms with E-state index in [4.69, 9.17) is 32.3 Å². The van der Waals surface area contributed by atoms with Gasteiger partial charge in [0.1, 0.15) is 4.66 Å². The molecule has 0 aromatic heterocycles. The van der Waals surface area contributed by atoms with Crippen LogP contribution in [0.4, 0.5) is 0 Å². The van der Waals surface area contributed by atoms with Gasteiger partial charge >= 0.3 is 17.6 Å². The summed E-state index contributed by atoms with van der Waals surface area (Å²) in [6, 6.07) is 0. The van der Waals surface area contributed by atoms with Crippen LogP contribution >= 0.6 is 0 Å². The molecule has 0 bridgehead atoms. The second kappa shape index (κ2) is 8.70. The molecule has 0 aliphatic carbocycles. The molecule has 21 heavy (non-hydrogen) atoms. The van der Waals surface area contributed by atoms with Gasteiger partial charge in [0.05, 0.1) is 0 Å². The molecular formula is C12H31NO6Si2. The Morgan fingerprint density at radius 1 is 0.810 bits per heavy atom. The summed E-state index contributed by atoms with van der Waals surface area (Å²) in [5.74, 6) is -0.0412. The fraction of sp³-hybridized carbons (Fsp3) is 1.00. The van der Waals surface area contributed by atoms with E-state index in [1.807, 2.05) is 13.8 Å². The van der Waals surface area contributed by atoms with Crippen LogP contribution in [0, 0.1) is 5.92 Å². The van der Waals surface area contributed by atoms with Crippen molar-refractivity contribution in [2.75, 3.05) is 49.2 Å². The molecular weight excluding hydrogens is 310 g/mol. The summed E-state index contributed by atoms with van der Waals surface area (Å²) in [4.78, 5) is 0. The monoisotopic (exact) mass is 341 g/mol. The van der Waals surface area contributed by atoms with Crippen LogP contribution in [0.5, 0.6) is 0 Å². The standard InChI is InChI=1S/C12H31NO6Si2/c1-9-12(11(2)10-13,20(14-3,15-4)16-5)21(17-6,18-7)19-8/h11H,9-10,13H2,1-8H3. The van der Waals surface area contributed by atoms with Crippen LogP contribution in [-0.2, 0) is 26.6 Å². The smallest absolute Gasteiger partial charge is 0.377 e. The second-order valence-electron chi connectivity index (χ2n) is 4.80. The highest BCUT2D eigenvalue weighted by Gasteiger charge is 2.76. The molecule has 7 nitrogen and oxygen atoms in total. The first-order valence-corrected chi connectivity index (χ1v) is 10.4. The van der Waals surface area contributed by atoms with Crippen molar-refractivity contribution in [3.8, 4) is 0 Å². The topological polar surface area (TPSA) is 81.4 Å². The van der Waals surface area contributed by atoms with Gasteiger partial charge in [-0.05, 0) is 18.9 Å². The van der Waals surface area contributed by atoms with Crippen molar-refractivity contribution in [2.45, 2.75) is 24.9 Å². The van der Waals surface area contributed by atoms with Gasteiger partial charge in [0.2, 0.25) is 0 Å². The van der Waals surface area contributed by atoms with Crippen molar-refractivity contribution in [2.24, 2.45) is 11.7 Å². The van der Waals surface area contributed by atoms with Gasteiger partial charge in [-0.1, -0.05) is 13.8 Å². The van der Waals surface area contributed by atoms with Crippen LogP contribution in [0.15, 0.2) is 0 Å². The summed E-state index contributed by atoms with van der Waals surface area (Å²) < 4.78 is 33.9. The van der Waals surface area contributed by atoms with Gasteiger partial charge in [-0.15, -0.1) is 0 Å². The van der Waals surface area contributed by atoms with Gasteiger partial charge in [-0.2, -0.15) is 0 Å². The van der Waals surface area contributed by atoms with Crippen LogP contribution in [0.2, 0.25) is 4.66 Å². The molecule has 0 spiro atoms. The minimum Gasteiger partial charge on any atom is -0.377 e. The Morgan fingerprint density at radius 2 is 1.10 bits per heavy atom. The highest BCUT2D eigenvalue weighted by Crippen LogP contribution is 2.56. The summed E-state index contributed by atoms with van der Waals surface area (Å²) >= 11 is 0. The highest BCUT2D eigenvalue weighted by atomic mass is 28.5. The quantitative estimate of drug-likeness (QED) is 0.562. The summed E-state index contributed by atoms with van der Waals surface area (Å²) in [7, 11) is 3.11. The van der Waals surface area contributed by atoms with Gasteiger partial charge in [-0.25, -0.2) is 0 Å². The SMILES string of the molecule is CCC(C(C)CN)([Si](OC)(OC)OC)[Si](OC)(OC)OC. The molecule has 0 aliphatic rings. The lowest BCUT2D eigenvalue weighted by Crippen LogP contribution is -2.72. The lowest BCUT2D eigenvalue weighted by atomic mass is 10.1. The summed E-state index contributed by atoms with van der Waals surface area (Å²) in [5, 5.41) is 0. The molecule has 0 aromatic rings. The molecule has 128 valence electrons. The molecule has 0 radical (unpaired) electrons. The number of hydrogen-bond acceptors (Lipinski definition) is 7. The molecule has 0 rings (SSSR count). The van der Waals surface area contributed by atoms with Crippen LogP contribution in [0.3, 0.4) is 0 Å². The zero-order chi connectivity index (χ0) is 16.7. The van der Waals surface area contributed by atoms with Crippen molar-refractivity contribution in [3.05, 3.63) is 0 Å². The Balaban J connectivity index is 6.47. The molecule has 0 aromatic carbocycles. The van der Waals surface area contributed by atoms with E-state index < -0.39 is 22.3 Å². The Kier molecular flexibility index (Phi) is 8.76. The Morgan fingerprint density at radius 3 is 1.24 bits per heavy atom. The van der Waals surface area contributed by atoms with Crippen molar-refractivity contribution >= 4 is 17.6 Å². The van der Waals surface area contributed by atoms with Gasteiger partial charge in [-0.3, -0.25) is 0 Å².